The molecule has 0 aliphatic heterocycles. The molecule has 96 valence electrons. The van der Waals surface area contributed by atoms with Crippen LogP contribution in [0.5, 0.6) is 5.75 Å². The molecule has 1 aromatic heterocycles. The molecular weight excluding hydrogens is 233 g/mol. The number of nitrogens with zero attached hydrogens (tertiary/aromatic N) is 2. The Morgan fingerprint density at radius 3 is 2.72 bits per heavy atom. The molecule has 0 aliphatic rings. The molecule has 0 bridgehead atoms. The van der Waals surface area contributed by atoms with E-state index in [0.29, 0.717) is 11.6 Å². The first-order valence-corrected chi connectivity index (χ1v) is 5.75. The minimum Gasteiger partial charge on any atom is -0.486 e. The fraction of sp³-hybridized carbons (Fsp3) is 0.385. The summed E-state index contributed by atoms with van der Waals surface area (Å²) in [6, 6.07) is 6.01. The predicted octanol–water partition coefficient (Wildman–Crippen LogP) is 2.82. The Labute approximate surface area is 105 Å². The van der Waals surface area contributed by atoms with Gasteiger partial charge in [0.2, 0.25) is 0 Å². The highest BCUT2D eigenvalue weighted by Gasteiger charge is 2.19. The first kappa shape index (κ1) is 12.5. The second kappa shape index (κ2) is 4.76. The number of H-pyrrole nitrogens is 1. The molecular formula is C13H16FN3O. The topological polar surface area (TPSA) is 50.8 Å². The second-order valence-electron chi connectivity index (χ2n) is 5.10. The smallest absolute Gasteiger partial charge is 0.162 e. The van der Waals surface area contributed by atoms with Crippen molar-refractivity contribution in [1.82, 2.24) is 15.2 Å². The summed E-state index contributed by atoms with van der Waals surface area (Å²) in [6.45, 7) is 6.35. The van der Waals surface area contributed by atoms with Gasteiger partial charge in [-0.25, -0.2) is 9.37 Å². The fourth-order valence-corrected chi connectivity index (χ4v) is 1.40. The zero-order chi connectivity index (χ0) is 13.2. The molecule has 5 heteroatoms. The molecule has 0 radical (unpaired) electrons. The van der Waals surface area contributed by atoms with Gasteiger partial charge in [0.05, 0.1) is 0 Å². The Morgan fingerprint density at radius 1 is 1.33 bits per heavy atom. The molecule has 18 heavy (non-hydrogen) atoms. The van der Waals surface area contributed by atoms with Gasteiger partial charge in [0.1, 0.15) is 18.2 Å². The zero-order valence-electron chi connectivity index (χ0n) is 10.7. The zero-order valence-corrected chi connectivity index (χ0v) is 10.7. The van der Waals surface area contributed by atoms with Crippen LogP contribution in [0.25, 0.3) is 0 Å². The van der Waals surface area contributed by atoms with Crippen molar-refractivity contribution < 1.29 is 9.13 Å². The van der Waals surface area contributed by atoms with Crippen LogP contribution in [0.3, 0.4) is 0 Å². The highest BCUT2D eigenvalue weighted by molar-refractivity contribution is 5.22. The Morgan fingerprint density at radius 2 is 2.11 bits per heavy atom. The van der Waals surface area contributed by atoms with E-state index in [4.69, 9.17) is 4.74 Å². The average molecular weight is 249 g/mol. The molecule has 0 unspecified atom stereocenters. The molecule has 4 nitrogen and oxygen atoms in total. The lowest BCUT2D eigenvalue weighted by Gasteiger charge is -2.11. The monoisotopic (exact) mass is 249 g/mol. The van der Waals surface area contributed by atoms with Crippen LogP contribution in [-0.4, -0.2) is 15.2 Å². The van der Waals surface area contributed by atoms with Gasteiger partial charge in [-0.15, -0.1) is 0 Å². The van der Waals surface area contributed by atoms with Crippen molar-refractivity contribution >= 4 is 0 Å². The van der Waals surface area contributed by atoms with Crippen molar-refractivity contribution in [3.63, 3.8) is 0 Å². The minimum atomic E-state index is -0.319. The second-order valence-corrected chi connectivity index (χ2v) is 5.10. The molecule has 2 aromatic rings. The molecule has 0 amide bonds. The van der Waals surface area contributed by atoms with Crippen molar-refractivity contribution in [2.45, 2.75) is 32.8 Å². The lowest BCUT2D eigenvalue weighted by molar-refractivity contribution is 0.294. The van der Waals surface area contributed by atoms with Crippen LogP contribution in [0, 0.1) is 5.82 Å². The standard InChI is InChI=1S/C13H16FN3O/c1-13(2,3)12-15-11(16-17-12)8-18-10-6-4-5-9(14)7-10/h4-7H,8H2,1-3H3,(H,15,16,17). The van der Waals surface area contributed by atoms with Gasteiger partial charge in [0, 0.05) is 11.5 Å². The quantitative estimate of drug-likeness (QED) is 0.910. The third-order valence-corrected chi connectivity index (χ3v) is 2.37. The molecule has 0 saturated carbocycles. The lowest BCUT2D eigenvalue weighted by atomic mass is 9.96. The van der Waals surface area contributed by atoms with Gasteiger partial charge in [0.25, 0.3) is 0 Å². The summed E-state index contributed by atoms with van der Waals surface area (Å²) in [6.07, 6.45) is 0. The van der Waals surface area contributed by atoms with Crippen molar-refractivity contribution in [1.29, 1.82) is 0 Å². The van der Waals surface area contributed by atoms with E-state index in [-0.39, 0.29) is 17.8 Å². The Balaban J connectivity index is 2.01. The number of hydrogen-bond acceptors (Lipinski definition) is 3. The molecule has 0 atom stereocenters. The predicted molar refractivity (Wildman–Crippen MR) is 65.8 cm³/mol. The van der Waals surface area contributed by atoms with E-state index in [1.165, 1.54) is 12.1 Å². The summed E-state index contributed by atoms with van der Waals surface area (Å²) in [5.74, 6) is 1.52. The van der Waals surface area contributed by atoms with Crippen LogP contribution in [0.15, 0.2) is 24.3 Å². The van der Waals surface area contributed by atoms with Crippen LogP contribution in [0.1, 0.15) is 32.4 Å². The molecule has 2 rings (SSSR count). The van der Waals surface area contributed by atoms with E-state index in [1.54, 1.807) is 12.1 Å². The van der Waals surface area contributed by atoms with Gasteiger partial charge in [-0.05, 0) is 12.1 Å². The summed E-state index contributed by atoms with van der Waals surface area (Å²) >= 11 is 0. The number of nitrogens with one attached hydrogen (secondary N) is 1. The SMILES string of the molecule is CC(C)(C)c1n[nH]c(COc2cccc(F)c2)n1. The molecule has 0 aliphatic carbocycles. The molecule has 1 heterocycles. The Kier molecular flexibility index (Phi) is 3.32. The van der Waals surface area contributed by atoms with Gasteiger partial charge >= 0.3 is 0 Å². The average Bonchev–Trinajstić information content (AvgIpc) is 2.74. The highest BCUT2D eigenvalue weighted by Crippen LogP contribution is 2.18. The van der Waals surface area contributed by atoms with Crippen LogP contribution < -0.4 is 4.74 Å². The molecule has 0 saturated heterocycles. The van der Waals surface area contributed by atoms with Crippen molar-refractivity contribution in [2.75, 3.05) is 0 Å². The number of benzene rings is 1. The van der Waals surface area contributed by atoms with E-state index in [9.17, 15) is 4.39 Å². The summed E-state index contributed by atoms with van der Waals surface area (Å²) in [5.41, 5.74) is -0.104. The van der Waals surface area contributed by atoms with Gasteiger partial charge < -0.3 is 4.74 Å². The number of aromatic amines is 1. The van der Waals surface area contributed by atoms with Crippen LogP contribution in [-0.2, 0) is 12.0 Å². The summed E-state index contributed by atoms with van der Waals surface area (Å²) < 4.78 is 18.4. The molecule has 0 fully saturated rings. The maximum Gasteiger partial charge on any atom is 0.162 e. The highest BCUT2D eigenvalue weighted by atomic mass is 19.1. The Hall–Kier alpha value is -1.91. The van der Waals surface area contributed by atoms with Crippen molar-refractivity contribution in [3.05, 3.63) is 41.7 Å². The third kappa shape index (κ3) is 3.06. The maximum absolute atomic E-state index is 12.9. The minimum absolute atomic E-state index is 0.104. The molecule has 0 spiro atoms. The largest absolute Gasteiger partial charge is 0.486 e. The van der Waals surface area contributed by atoms with Gasteiger partial charge in [-0.2, -0.15) is 5.10 Å². The van der Waals surface area contributed by atoms with E-state index >= 15 is 0 Å². The lowest BCUT2D eigenvalue weighted by Crippen LogP contribution is -2.13. The Bertz CT molecular complexity index is 531. The molecule has 1 N–H and O–H groups in total. The third-order valence-electron chi connectivity index (χ3n) is 2.37. The van der Waals surface area contributed by atoms with Crippen molar-refractivity contribution in [2.24, 2.45) is 0 Å². The van der Waals surface area contributed by atoms with E-state index in [1.807, 2.05) is 20.8 Å². The van der Waals surface area contributed by atoms with Gasteiger partial charge in [0.15, 0.2) is 11.6 Å². The van der Waals surface area contributed by atoms with Gasteiger partial charge in [-0.1, -0.05) is 26.8 Å². The normalized spacial score (nSPS) is 11.6. The van der Waals surface area contributed by atoms with E-state index in [2.05, 4.69) is 15.2 Å². The first-order chi connectivity index (χ1) is 8.45. The fourth-order valence-electron chi connectivity index (χ4n) is 1.40. The van der Waals surface area contributed by atoms with E-state index in [0.717, 1.165) is 5.82 Å². The van der Waals surface area contributed by atoms with E-state index < -0.39 is 0 Å². The van der Waals surface area contributed by atoms with Crippen LogP contribution in [0.4, 0.5) is 4.39 Å². The molecule has 1 aromatic carbocycles. The number of rotatable bonds is 3. The van der Waals surface area contributed by atoms with Crippen LogP contribution in [0.2, 0.25) is 0 Å². The summed E-state index contributed by atoms with van der Waals surface area (Å²) in [4.78, 5) is 4.33. The summed E-state index contributed by atoms with van der Waals surface area (Å²) in [5, 5.41) is 6.94. The summed E-state index contributed by atoms with van der Waals surface area (Å²) in [7, 11) is 0. The maximum atomic E-state index is 12.9. The number of aromatic nitrogens is 3. The number of halogens is 1. The first-order valence-electron chi connectivity index (χ1n) is 5.75. The number of hydrogen-bond donors (Lipinski definition) is 1. The van der Waals surface area contributed by atoms with Gasteiger partial charge in [-0.3, -0.25) is 5.10 Å². The van der Waals surface area contributed by atoms with Crippen LogP contribution >= 0.6 is 0 Å². The van der Waals surface area contributed by atoms with Crippen molar-refractivity contribution in [3.8, 4) is 5.75 Å². The number of ether oxygens (including phenoxy) is 1.